The third-order valence-corrected chi connectivity index (χ3v) is 4.21. The molecule has 1 aliphatic heterocycles. The minimum Gasteiger partial charge on any atom is -0.497 e. The van der Waals surface area contributed by atoms with E-state index in [-0.39, 0.29) is 6.04 Å². The number of hydrogen-bond donors (Lipinski definition) is 1. The van der Waals surface area contributed by atoms with Crippen molar-refractivity contribution in [2.24, 2.45) is 7.05 Å². The summed E-state index contributed by atoms with van der Waals surface area (Å²) in [6, 6.07) is 14.7. The molecule has 0 bridgehead atoms. The van der Waals surface area contributed by atoms with E-state index in [1.807, 2.05) is 12.1 Å². The molecule has 0 amide bonds. The highest BCUT2D eigenvalue weighted by atomic mass is 16.5. The average Bonchev–Trinajstić information content (AvgIpc) is 3.08. The molecule has 0 saturated carbocycles. The zero-order valence-electron chi connectivity index (χ0n) is 12.1. The highest BCUT2D eigenvalue weighted by Gasteiger charge is 2.25. The van der Waals surface area contributed by atoms with Crippen molar-refractivity contribution in [2.45, 2.75) is 12.5 Å². The van der Waals surface area contributed by atoms with Gasteiger partial charge >= 0.3 is 0 Å². The van der Waals surface area contributed by atoms with Crippen LogP contribution in [0.25, 0.3) is 11.0 Å². The number of hydrogen-bond acceptors (Lipinski definition) is 3. The molecule has 1 atom stereocenters. The molecule has 0 radical (unpaired) electrons. The summed E-state index contributed by atoms with van der Waals surface area (Å²) >= 11 is 0. The first-order valence-corrected chi connectivity index (χ1v) is 7.11. The number of methoxy groups -OCH3 is 1. The van der Waals surface area contributed by atoms with E-state index in [0.717, 1.165) is 29.0 Å². The Bertz CT molecular complexity index is 797. The Balaban J connectivity index is 1.76. The largest absolute Gasteiger partial charge is 0.497 e. The molecule has 1 aromatic heterocycles. The number of fused-ring (bicyclic) bond motifs is 2. The van der Waals surface area contributed by atoms with Crippen LogP contribution in [-0.2, 0) is 13.5 Å². The number of nitrogens with one attached hydrogen (secondary N) is 1. The molecule has 0 saturated heterocycles. The predicted molar refractivity (Wildman–Crippen MR) is 83.8 cm³/mol. The topological polar surface area (TPSA) is 39.1 Å². The van der Waals surface area contributed by atoms with Gasteiger partial charge in [0.1, 0.15) is 11.6 Å². The minimum atomic E-state index is 0.228. The maximum atomic E-state index is 5.28. The summed E-state index contributed by atoms with van der Waals surface area (Å²) < 4.78 is 7.45. The number of rotatable bonds is 2. The van der Waals surface area contributed by atoms with Crippen LogP contribution >= 0.6 is 0 Å². The number of aryl methyl sites for hydroxylation is 1. The van der Waals surface area contributed by atoms with Crippen molar-refractivity contribution in [3.63, 3.8) is 0 Å². The van der Waals surface area contributed by atoms with Crippen LogP contribution in [0, 0.1) is 0 Å². The van der Waals surface area contributed by atoms with Crippen LogP contribution in [0.3, 0.4) is 0 Å². The van der Waals surface area contributed by atoms with Gasteiger partial charge in [-0.1, -0.05) is 18.2 Å². The minimum absolute atomic E-state index is 0.228. The number of nitrogens with zero attached hydrogens (tertiary/aromatic N) is 2. The third kappa shape index (κ3) is 1.87. The summed E-state index contributed by atoms with van der Waals surface area (Å²) in [5.41, 5.74) is 4.67. The van der Waals surface area contributed by atoms with Crippen LogP contribution in [0.4, 0.5) is 5.69 Å². The zero-order valence-corrected chi connectivity index (χ0v) is 12.1. The summed E-state index contributed by atoms with van der Waals surface area (Å²) in [6.07, 6.45) is 0.977. The SMILES string of the molecule is COc1ccc2c(c1)nc(C1Cc3ccccc3N1)n2C. The van der Waals surface area contributed by atoms with E-state index in [1.165, 1.54) is 11.3 Å². The molecule has 0 spiro atoms. The van der Waals surface area contributed by atoms with Gasteiger partial charge in [0, 0.05) is 25.2 Å². The van der Waals surface area contributed by atoms with Crippen LogP contribution in [0.15, 0.2) is 42.5 Å². The Labute approximate surface area is 123 Å². The zero-order chi connectivity index (χ0) is 14.4. The number of para-hydroxylation sites is 1. The van der Waals surface area contributed by atoms with Gasteiger partial charge in [-0.05, 0) is 23.8 Å². The number of anilines is 1. The van der Waals surface area contributed by atoms with Crippen molar-refractivity contribution in [1.82, 2.24) is 9.55 Å². The van der Waals surface area contributed by atoms with E-state index < -0.39 is 0 Å². The molecule has 1 aliphatic rings. The monoisotopic (exact) mass is 279 g/mol. The smallest absolute Gasteiger partial charge is 0.132 e. The second kappa shape index (κ2) is 4.52. The van der Waals surface area contributed by atoms with Crippen molar-refractivity contribution in [1.29, 1.82) is 0 Å². The Morgan fingerprint density at radius 3 is 2.90 bits per heavy atom. The Morgan fingerprint density at radius 2 is 2.10 bits per heavy atom. The molecule has 106 valence electrons. The predicted octanol–water partition coefficient (Wildman–Crippen LogP) is 3.29. The Morgan fingerprint density at radius 1 is 1.24 bits per heavy atom. The molecule has 0 aliphatic carbocycles. The lowest BCUT2D eigenvalue weighted by atomic mass is 10.1. The quantitative estimate of drug-likeness (QED) is 0.782. The number of imidazole rings is 1. The lowest BCUT2D eigenvalue weighted by Gasteiger charge is -2.11. The van der Waals surface area contributed by atoms with E-state index in [4.69, 9.17) is 9.72 Å². The third-order valence-electron chi connectivity index (χ3n) is 4.21. The molecule has 0 fully saturated rings. The van der Waals surface area contributed by atoms with Gasteiger partial charge in [0.2, 0.25) is 0 Å². The maximum absolute atomic E-state index is 5.28. The lowest BCUT2D eigenvalue weighted by molar-refractivity contribution is 0.415. The van der Waals surface area contributed by atoms with Gasteiger partial charge in [-0.25, -0.2) is 4.98 Å². The van der Waals surface area contributed by atoms with Crippen molar-refractivity contribution in [3.8, 4) is 5.75 Å². The van der Waals surface area contributed by atoms with Crippen molar-refractivity contribution in [2.75, 3.05) is 12.4 Å². The molecule has 21 heavy (non-hydrogen) atoms. The summed E-state index contributed by atoms with van der Waals surface area (Å²) in [5.74, 6) is 1.91. The summed E-state index contributed by atoms with van der Waals surface area (Å²) in [4.78, 5) is 4.81. The van der Waals surface area contributed by atoms with Gasteiger partial charge in [-0.2, -0.15) is 0 Å². The van der Waals surface area contributed by atoms with Crippen molar-refractivity contribution >= 4 is 16.7 Å². The van der Waals surface area contributed by atoms with E-state index in [9.17, 15) is 0 Å². The van der Waals surface area contributed by atoms with Crippen LogP contribution < -0.4 is 10.1 Å². The molecule has 3 aromatic rings. The summed E-state index contributed by atoms with van der Waals surface area (Å²) in [7, 11) is 3.75. The first-order valence-electron chi connectivity index (χ1n) is 7.11. The van der Waals surface area contributed by atoms with Gasteiger partial charge in [0.25, 0.3) is 0 Å². The molecule has 1 unspecified atom stereocenters. The van der Waals surface area contributed by atoms with Gasteiger partial charge in [0.15, 0.2) is 0 Å². The fraction of sp³-hybridized carbons (Fsp3) is 0.235. The van der Waals surface area contributed by atoms with Crippen LogP contribution in [-0.4, -0.2) is 16.7 Å². The molecule has 1 N–H and O–H groups in total. The lowest BCUT2D eigenvalue weighted by Crippen LogP contribution is -2.11. The molecule has 4 nitrogen and oxygen atoms in total. The first kappa shape index (κ1) is 12.3. The molecular formula is C17H17N3O. The summed E-state index contributed by atoms with van der Waals surface area (Å²) in [5, 5.41) is 3.57. The van der Waals surface area contributed by atoms with Crippen LogP contribution in [0.1, 0.15) is 17.4 Å². The normalized spacial score (nSPS) is 16.8. The van der Waals surface area contributed by atoms with Crippen LogP contribution in [0.2, 0.25) is 0 Å². The van der Waals surface area contributed by atoms with Gasteiger partial charge in [-0.3, -0.25) is 0 Å². The summed E-state index contributed by atoms with van der Waals surface area (Å²) in [6.45, 7) is 0. The van der Waals surface area contributed by atoms with Gasteiger partial charge in [0.05, 0.1) is 24.2 Å². The second-order valence-electron chi connectivity index (χ2n) is 5.44. The van der Waals surface area contributed by atoms with Crippen LogP contribution in [0.5, 0.6) is 5.75 Å². The van der Waals surface area contributed by atoms with Gasteiger partial charge in [-0.15, -0.1) is 0 Å². The Kier molecular flexibility index (Phi) is 2.64. The number of benzene rings is 2. The van der Waals surface area contributed by atoms with E-state index >= 15 is 0 Å². The molecular weight excluding hydrogens is 262 g/mol. The highest BCUT2D eigenvalue weighted by Crippen LogP contribution is 2.34. The second-order valence-corrected chi connectivity index (χ2v) is 5.44. The van der Waals surface area contributed by atoms with E-state index in [1.54, 1.807) is 7.11 Å². The fourth-order valence-electron chi connectivity index (χ4n) is 3.09. The fourth-order valence-corrected chi connectivity index (χ4v) is 3.09. The first-order chi connectivity index (χ1) is 10.3. The molecule has 2 aromatic carbocycles. The average molecular weight is 279 g/mol. The Hall–Kier alpha value is -2.49. The van der Waals surface area contributed by atoms with Crippen molar-refractivity contribution < 1.29 is 4.74 Å². The maximum Gasteiger partial charge on any atom is 0.132 e. The number of aromatic nitrogens is 2. The standard InChI is InChI=1S/C17H17N3O/c1-20-16-8-7-12(21-2)10-14(16)19-17(20)15-9-11-5-3-4-6-13(11)18-15/h3-8,10,15,18H,9H2,1-2H3. The molecule has 2 heterocycles. The van der Waals surface area contributed by atoms with Crippen molar-refractivity contribution in [3.05, 3.63) is 53.9 Å². The number of ether oxygens (including phenoxy) is 1. The highest BCUT2D eigenvalue weighted by molar-refractivity contribution is 5.78. The van der Waals surface area contributed by atoms with E-state index in [2.05, 4.69) is 47.3 Å². The van der Waals surface area contributed by atoms with Gasteiger partial charge < -0.3 is 14.6 Å². The molecule has 4 rings (SSSR count). The molecule has 4 heteroatoms. The van der Waals surface area contributed by atoms with E-state index in [0.29, 0.717) is 0 Å².